The van der Waals surface area contributed by atoms with Gasteiger partial charge < -0.3 is 14.2 Å². The molecule has 0 spiro atoms. The second kappa shape index (κ2) is 70.6. The van der Waals surface area contributed by atoms with Gasteiger partial charge in [0.15, 0.2) is 6.10 Å². The van der Waals surface area contributed by atoms with Gasteiger partial charge >= 0.3 is 17.9 Å². The number of carbonyl (C=O) groups excluding carboxylic acids is 3. The molecule has 1 atom stereocenters. The Morgan fingerprint density at radius 3 is 0.744 bits per heavy atom. The van der Waals surface area contributed by atoms with Crippen molar-refractivity contribution in [1.29, 1.82) is 0 Å². The minimum absolute atomic E-state index is 0.0833. The summed E-state index contributed by atoms with van der Waals surface area (Å²) in [6, 6.07) is 0. The predicted molar refractivity (Wildman–Crippen MR) is 358 cm³/mol. The van der Waals surface area contributed by atoms with Crippen LogP contribution in [0.5, 0.6) is 0 Å². The third kappa shape index (κ3) is 67.9. The summed E-state index contributed by atoms with van der Waals surface area (Å²) in [5, 5.41) is 0. The molecule has 0 N–H and O–H groups in total. The average molecular weight is 1150 g/mol. The molecule has 478 valence electrons. The van der Waals surface area contributed by atoms with Gasteiger partial charge in [0.1, 0.15) is 13.2 Å². The van der Waals surface area contributed by atoms with Gasteiger partial charge in [0.25, 0.3) is 0 Å². The van der Waals surface area contributed by atoms with Crippen LogP contribution in [0.2, 0.25) is 0 Å². The van der Waals surface area contributed by atoms with Crippen LogP contribution in [-0.2, 0) is 28.6 Å². The molecule has 0 aromatic heterocycles. The third-order valence-electron chi connectivity index (χ3n) is 16.3. The van der Waals surface area contributed by atoms with E-state index in [0.29, 0.717) is 19.3 Å². The van der Waals surface area contributed by atoms with Crippen LogP contribution in [-0.4, -0.2) is 37.2 Å². The van der Waals surface area contributed by atoms with Crippen molar-refractivity contribution in [2.75, 3.05) is 13.2 Å². The second-order valence-corrected chi connectivity index (χ2v) is 24.5. The molecule has 6 heteroatoms. The zero-order valence-corrected chi connectivity index (χ0v) is 55.0. The maximum atomic E-state index is 12.9. The second-order valence-electron chi connectivity index (χ2n) is 24.5. The molecule has 6 nitrogen and oxygen atoms in total. The quantitative estimate of drug-likeness (QED) is 0.0261. The minimum atomic E-state index is -0.790. The molecule has 0 saturated carbocycles. The molecule has 0 heterocycles. The zero-order chi connectivity index (χ0) is 59.2. The Bertz CT molecular complexity index is 1460. The van der Waals surface area contributed by atoms with E-state index in [4.69, 9.17) is 14.2 Å². The summed E-state index contributed by atoms with van der Waals surface area (Å²) in [7, 11) is 0. The summed E-state index contributed by atoms with van der Waals surface area (Å²) >= 11 is 0. The van der Waals surface area contributed by atoms with E-state index in [-0.39, 0.29) is 31.1 Å². The van der Waals surface area contributed by atoms with E-state index in [9.17, 15) is 14.4 Å². The van der Waals surface area contributed by atoms with Gasteiger partial charge in [-0.05, 0) is 64.2 Å². The van der Waals surface area contributed by atoms with E-state index in [1.54, 1.807) is 0 Å². The number of rotatable bonds is 67. The number of hydrogen-bond acceptors (Lipinski definition) is 6. The molecule has 0 aromatic rings. The van der Waals surface area contributed by atoms with Crippen LogP contribution in [0.15, 0.2) is 60.8 Å². The lowest BCUT2D eigenvalue weighted by Gasteiger charge is -2.18. The van der Waals surface area contributed by atoms with Gasteiger partial charge in [-0.2, -0.15) is 0 Å². The lowest BCUT2D eigenvalue weighted by atomic mass is 10.0. The maximum absolute atomic E-state index is 12.9. The molecule has 0 fully saturated rings. The van der Waals surface area contributed by atoms with Crippen LogP contribution < -0.4 is 0 Å². The summed E-state index contributed by atoms with van der Waals surface area (Å²) in [5.74, 6) is -0.895. The van der Waals surface area contributed by atoms with Gasteiger partial charge in [-0.3, -0.25) is 14.4 Å². The first-order valence-electron chi connectivity index (χ1n) is 36.3. The molecule has 0 aromatic carbocycles. The van der Waals surface area contributed by atoms with Crippen molar-refractivity contribution in [2.45, 2.75) is 393 Å². The van der Waals surface area contributed by atoms with E-state index < -0.39 is 6.10 Å². The smallest absolute Gasteiger partial charge is 0.306 e. The van der Waals surface area contributed by atoms with Crippen molar-refractivity contribution in [1.82, 2.24) is 0 Å². The van der Waals surface area contributed by atoms with Crippen LogP contribution >= 0.6 is 0 Å². The van der Waals surface area contributed by atoms with Crippen molar-refractivity contribution in [3.05, 3.63) is 60.8 Å². The highest BCUT2D eigenvalue weighted by Crippen LogP contribution is 2.19. The van der Waals surface area contributed by atoms with Crippen molar-refractivity contribution in [3.8, 4) is 0 Å². The molecular weight excluding hydrogens is 1010 g/mol. The molecular formula is C76H138O6. The normalized spacial score (nSPS) is 12.4. The molecule has 0 radical (unpaired) electrons. The van der Waals surface area contributed by atoms with Gasteiger partial charge in [0, 0.05) is 19.3 Å². The van der Waals surface area contributed by atoms with Crippen molar-refractivity contribution < 1.29 is 28.6 Å². The monoisotopic (exact) mass is 1150 g/mol. The van der Waals surface area contributed by atoms with Gasteiger partial charge in [-0.15, -0.1) is 0 Å². The van der Waals surface area contributed by atoms with Gasteiger partial charge in [-0.1, -0.05) is 364 Å². The van der Waals surface area contributed by atoms with E-state index in [0.717, 1.165) is 96.3 Å². The molecule has 0 aliphatic carbocycles. The molecule has 82 heavy (non-hydrogen) atoms. The Morgan fingerprint density at radius 2 is 0.476 bits per heavy atom. The molecule has 0 aliphatic heterocycles. The first kappa shape index (κ1) is 79.1. The molecule has 0 bridgehead atoms. The Hall–Kier alpha value is -2.89. The Balaban J connectivity index is 4.10. The zero-order valence-electron chi connectivity index (χ0n) is 55.0. The topological polar surface area (TPSA) is 78.9 Å². The SMILES string of the molecule is CC/C=C\C/C=C\C/C=C\C/C=C\C/C=C\CCCCCC(=O)OC(COC(=O)CCCCCCCCCCCCC)COC(=O)CCCCCCCCCCCCCCCCCCCCCCCCCCCCCCCCCCCC. The largest absolute Gasteiger partial charge is 0.462 e. The fourth-order valence-electron chi connectivity index (χ4n) is 10.9. The number of carbonyl (C=O) groups is 3. The molecule has 0 saturated heterocycles. The summed E-state index contributed by atoms with van der Waals surface area (Å²) in [6.45, 7) is 6.55. The van der Waals surface area contributed by atoms with Crippen LogP contribution in [0.1, 0.15) is 387 Å². The average Bonchev–Trinajstić information content (AvgIpc) is 3.47. The standard InChI is InChI=1S/C76H138O6/c1-4-7-10-13-16-19-22-24-26-28-30-31-32-33-34-35-36-37-38-39-40-41-42-43-44-46-47-49-51-54-57-60-63-66-69-75(78)81-72-73(71-80-74(77)68-65-62-59-56-53-21-18-15-12-9-6-3)82-76(79)70-67-64-61-58-55-52-50-48-45-29-27-25-23-20-17-14-11-8-5-2/h8,11,17,20,25,27,45,48,52,55,73H,4-7,9-10,12-16,18-19,21-24,26,28-44,46-47,49-51,53-54,56-72H2,1-3H3/b11-8-,20-17-,27-25-,48-45-,55-52-. The lowest BCUT2D eigenvalue weighted by molar-refractivity contribution is -0.167. The highest BCUT2D eigenvalue weighted by atomic mass is 16.6. The first-order valence-corrected chi connectivity index (χ1v) is 36.3. The third-order valence-corrected chi connectivity index (χ3v) is 16.3. The molecule has 0 amide bonds. The number of esters is 3. The van der Waals surface area contributed by atoms with Gasteiger partial charge in [0.2, 0.25) is 0 Å². The van der Waals surface area contributed by atoms with Crippen molar-refractivity contribution in [2.24, 2.45) is 0 Å². The van der Waals surface area contributed by atoms with Gasteiger partial charge in [-0.25, -0.2) is 0 Å². The van der Waals surface area contributed by atoms with E-state index in [1.165, 1.54) is 250 Å². The van der Waals surface area contributed by atoms with Crippen LogP contribution in [0.25, 0.3) is 0 Å². The summed E-state index contributed by atoms with van der Waals surface area (Å²) in [5.41, 5.74) is 0. The number of unbranched alkanes of at least 4 members (excludes halogenated alkanes) is 46. The Morgan fingerprint density at radius 1 is 0.256 bits per heavy atom. The van der Waals surface area contributed by atoms with Crippen molar-refractivity contribution in [3.63, 3.8) is 0 Å². The minimum Gasteiger partial charge on any atom is -0.462 e. The molecule has 1 unspecified atom stereocenters. The fraction of sp³-hybridized carbons (Fsp3) is 0.829. The highest BCUT2D eigenvalue weighted by Gasteiger charge is 2.19. The maximum Gasteiger partial charge on any atom is 0.306 e. The molecule has 0 aliphatic rings. The summed E-state index contributed by atoms with van der Waals surface area (Å²) < 4.78 is 16.9. The first-order chi connectivity index (χ1) is 40.5. The van der Waals surface area contributed by atoms with Gasteiger partial charge in [0.05, 0.1) is 0 Å². The number of allylic oxidation sites excluding steroid dienone is 10. The van der Waals surface area contributed by atoms with Crippen molar-refractivity contribution >= 4 is 17.9 Å². The van der Waals surface area contributed by atoms with E-state index in [1.807, 2.05) is 0 Å². The number of hydrogen-bond donors (Lipinski definition) is 0. The van der Waals surface area contributed by atoms with E-state index in [2.05, 4.69) is 81.5 Å². The van der Waals surface area contributed by atoms with E-state index >= 15 is 0 Å². The molecule has 0 rings (SSSR count). The number of ether oxygens (including phenoxy) is 3. The summed E-state index contributed by atoms with van der Waals surface area (Å²) in [6.07, 6.45) is 91.4. The Kier molecular flexibility index (Phi) is 68.1. The van der Waals surface area contributed by atoms with Crippen LogP contribution in [0.3, 0.4) is 0 Å². The summed E-state index contributed by atoms with van der Waals surface area (Å²) in [4.78, 5) is 38.3. The lowest BCUT2D eigenvalue weighted by Crippen LogP contribution is -2.30. The highest BCUT2D eigenvalue weighted by molar-refractivity contribution is 5.71. The van der Waals surface area contributed by atoms with Crippen LogP contribution in [0.4, 0.5) is 0 Å². The Labute approximate surface area is 510 Å². The van der Waals surface area contributed by atoms with Crippen LogP contribution in [0, 0.1) is 0 Å². The fourth-order valence-corrected chi connectivity index (χ4v) is 10.9. The predicted octanol–water partition coefficient (Wildman–Crippen LogP) is 25.1.